The molecule has 9 nitrogen and oxygen atoms in total. The number of aromatic amines is 1. The van der Waals surface area contributed by atoms with Gasteiger partial charge in [0.05, 0.1) is 17.9 Å². The van der Waals surface area contributed by atoms with Crippen molar-refractivity contribution >= 4 is 11.7 Å². The monoisotopic (exact) mass is 338 g/mol. The highest BCUT2D eigenvalue weighted by molar-refractivity contribution is 5.89. The number of H-pyrrole nitrogens is 1. The van der Waals surface area contributed by atoms with Crippen molar-refractivity contribution in [3.63, 3.8) is 0 Å². The molecule has 1 atom stereocenters. The number of hydrogen-bond acceptors (Lipinski definition) is 5. The second-order valence-corrected chi connectivity index (χ2v) is 5.86. The lowest BCUT2D eigenvalue weighted by Gasteiger charge is -2.34. The number of nitrogens with one attached hydrogen (secondary N) is 2. The number of piperidine rings is 1. The molecule has 0 spiro atoms. The van der Waals surface area contributed by atoms with Gasteiger partial charge < -0.3 is 10.2 Å². The standard InChI is InChI=1S/C16H18N8O/c25-16(23-8-2-1-4-13(23)15-18-11-19-22-15)21-12-5-6-14(17-10-12)24-9-3-7-20-24/h3,5-7,9-11,13H,1-2,4,8H2,(H,21,25)(H,18,19,22)/t13-/m1/s1. The molecule has 1 saturated heterocycles. The molecule has 1 aliphatic heterocycles. The van der Waals surface area contributed by atoms with Gasteiger partial charge in [-0.1, -0.05) is 0 Å². The van der Waals surface area contributed by atoms with Crippen LogP contribution in [-0.2, 0) is 0 Å². The van der Waals surface area contributed by atoms with Crippen LogP contribution >= 0.6 is 0 Å². The Kier molecular flexibility index (Phi) is 4.11. The number of urea groups is 1. The normalized spacial score (nSPS) is 17.4. The number of hydrogen-bond donors (Lipinski definition) is 2. The molecule has 3 aromatic heterocycles. The zero-order valence-corrected chi connectivity index (χ0v) is 13.5. The summed E-state index contributed by atoms with van der Waals surface area (Å²) >= 11 is 0. The summed E-state index contributed by atoms with van der Waals surface area (Å²) in [6, 6.07) is 5.22. The first-order valence-corrected chi connectivity index (χ1v) is 8.20. The van der Waals surface area contributed by atoms with E-state index < -0.39 is 0 Å². The summed E-state index contributed by atoms with van der Waals surface area (Å²) < 4.78 is 1.66. The third kappa shape index (κ3) is 3.21. The third-order valence-electron chi connectivity index (χ3n) is 4.25. The predicted octanol–water partition coefficient (Wildman–Crippen LogP) is 2.14. The Hall–Kier alpha value is -3.23. The van der Waals surface area contributed by atoms with Crippen LogP contribution in [0.3, 0.4) is 0 Å². The van der Waals surface area contributed by atoms with Crippen molar-refractivity contribution in [3.8, 4) is 5.82 Å². The summed E-state index contributed by atoms with van der Waals surface area (Å²) in [7, 11) is 0. The fraction of sp³-hybridized carbons (Fsp3) is 0.312. The summed E-state index contributed by atoms with van der Waals surface area (Å²) in [5.41, 5.74) is 0.641. The Morgan fingerprint density at radius 3 is 2.96 bits per heavy atom. The molecule has 0 radical (unpaired) electrons. The fourth-order valence-electron chi connectivity index (χ4n) is 3.03. The molecule has 3 aromatic rings. The fourth-order valence-corrected chi connectivity index (χ4v) is 3.03. The number of rotatable bonds is 3. The number of carbonyl (C=O) groups is 1. The van der Waals surface area contributed by atoms with Crippen molar-refractivity contribution in [2.24, 2.45) is 0 Å². The molecule has 2 N–H and O–H groups in total. The van der Waals surface area contributed by atoms with E-state index in [2.05, 4.69) is 30.6 Å². The van der Waals surface area contributed by atoms with Crippen LogP contribution in [-0.4, -0.2) is 47.4 Å². The summed E-state index contributed by atoms with van der Waals surface area (Å²) in [5, 5.41) is 13.8. The topological polar surface area (TPSA) is 105 Å². The quantitative estimate of drug-likeness (QED) is 0.761. The van der Waals surface area contributed by atoms with Gasteiger partial charge in [-0.15, -0.1) is 0 Å². The Balaban J connectivity index is 1.47. The highest BCUT2D eigenvalue weighted by Gasteiger charge is 2.30. The van der Waals surface area contributed by atoms with E-state index in [4.69, 9.17) is 0 Å². The van der Waals surface area contributed by atoms with Crippen LogP contribution in [0.4, 0.5) is 10.5 Å². The van der Waals surface area contributed by atoms with Crippen LogP contribution in [0.15, 0.2) is 43.1 Å². The molecule has 0 unspecified atom stereocenters. The summed E-state index contributed by atoms with van der Waals surface area (Å²) in [5.74, 6) is 1.42. The van der Waals surface area contributed by atoms with Crippen LogP contribution in [0.2, 0.25) is 0 Å². The van der Waals surface area contributed by atoms with Gasteiger partial charge in [0.1, 0.15) is 12.2 Å². The maximum Gasteiger partial charge on any atom is 0.322 e. The zero-order chi connectivity index (χ0) is 17.1. The molecule has 1 fully saturated rings. The summed E-state index contributed by atoms with van der Waals surface area (Å²) in [4.78, 5) is 23.0. The largest absolute Gasteiger partial charge is 0.322 e. The summed E-state index contributed by atoms with van der Waals surface area (Å²) in [6.07, 6.45) is 9.52. The van der Waals surface area contributed by atoms with E-state index in [1.54, 1.807) is 22.0 Å². The highest BCUT2D eigenvalue weighted by atomic mass is 16.2. The lowest BCUT2D eigenvalue weighted by molar-refractivity contribution is 0.159. The van der Waals surface area contributed by atoms with E-state index >= 15 is 0 Å². The summed E-state index contributed by atoms with van der Waals surface area (Å²) in [6.45, 7) is 0.690. The number of likely N-dealkylation sites (tertiary alicyclic amines) is 1. The molecule has 0 aromatic carbocycles. The van der Waals surface area contributed by atoms with Gasteiger partial charge in [-0.3, -0.25) is 5.10 Å². The van der Waals surface area contributed by atoms with Gasteiger partial charge in [0.2, 0.25) is 0 Å². The molecule has 1 aliphatic rings. The number of aromatic nitrogens is 6. The smallest absolute Gasteiger partial charge is 0.314 e. The van der Waals surface area contributed by atoms with E-state index in [1.165, 1.54) is 6.33 Å². The van der Waals surface area contributed by atoms with Crippen molar-refractivity contribution in [2.75, 3.05) is 11.9 Å². The van der Waals surface area contributed by atoms with Crippen LogP contribution in [0.25, 0.3) is 5.82 Å². The maximum absolute atomic E-state index is 12.7. The first-order chi connectivity index (χ1) is 12.3. The van der Waals surface area contributed by atoms with Crippen LogP contribution in [0, 0.1) is 0 Å². The number of pyridine rings is 1. The Bertz CT molecular complexity index is 812. The Morgan fingerprint density at radius 2 is 2.24 bits per heavy atom. The van der Waals surface area contributed by atoms with Crippen LogP contribution in [0.5, 0.6) is 0 Å². The third-order valence-corrected chi connectivity index (χ3v) is 4.25. The average Bonchev–Trinajstić information content (AvgIpc) is 3.36. The van der Waals surface area contributed by atoms with Crippen molar-refractivity contribution in [1.82, 2.24) is 34.8 Å². The van der Waals surface area contributed by atoms with Gasteiger partial charge in [0.25, 0.3) is 0 Å². The van der Waals surface area contributed by atoms with E-state index in [1.807, 2.05) is 24.4 Å². The molecule has 2 amide bonds. The maximum atomic E-state index is 12.7. The van der Waals surface area contributed by atoms with Gasteiger partial charge in [-0.2, -0.15) is 10.2 Å². The predicted molar refractivity (Wildman–Crippen MR) is 90.1 cm³/mol. The SMILES string of the molecule is O=C(Nc1ccc(-n2cccn2)nc1)N1CCCC[C@@H]1c1ncn[nH]1. The number of amides is 2. The van der Waals surface area contributed by atoms with Crippen LogP contribution < -0.4 is 5.32 Å². The first-order valence-electron chi connectivity index (χ1n) is 8.20. The molecule has 0 saturated carbocycles. The minimum absolute atomic E-state index is 0.0763. The molecule has 0 aliphatic carbocycles. The van der Waals surface area contributed by atoms with Gasteiger partial charge in [-0.05, 0) is 37.5 Å². The minimum atomic E-state index is -0.158. The van der Waals surface area contributed by atoms with Crippen molar-refractivity contribution in [2.45, 2.75) is 25.3 Å². The zero-order valence-electron chi connectivity index (χ0n) is 13.5. The van der Waals surface area contributed by atoms with Gasteiger partial charge >= 0.3 is 6.03 Å². The molecule has 4 heterocycles. The van der Waals surface area contributed by atoms with Gasteiger partial charge in [0.15, 0.2) is 5.82 Å². The average molecular weight is 338 g/mol. The molecular weight excluding hydrogens is 320 g/mol. The number of anilines is 1. The molecule has 0 bridgehead atoms. The Morgan fingerprint density at radius 1 is 1.28 bits per heavy atom. The van der Waals surface area contributed by atoms with Crippen LogP contribution in [0.1, 0.15) is 31.1 Å². The van der Waals surface area contributed by atoms with Crippen molar-refractivity contribution in [1.29, 1.82) is 0 Å². The second kappa shape index (κ2) is 6.71. The van der Waals surface area contributed by atoms with Gasteiger partial charge in [0, 0.05) is 18.9 Å². The highest BCUT2D eigenvalue weighted by Crippen LogP contribution is 2.29. The molecule has 128 valence electrons. The lowest BCUT2D eigenvalue weighted by Crippen LogP contribution is -2.41. The molecular formula is C16H18N8O. The molecule has 4 rings (SSSR count). The number of carbonyl (C=O) groups excluding carboxylic acids is 1. The van der Waals surface area contributed by atoms with E-state index in [-0.39, 0.29) is 12.1 Å². The van der Waals surface area contributed by atoms with E-state index in [0.717, 1.165) is 25.1 Å². The van der Waals surface area contributed by atoms with E-state index in [9.17, 15) is 4.79 Å². The molecule has 9 heteroatoms. The van der Waals surface area contributed by atoms with Crippen molar-refractivity contribution in [3.05, 3.63) is 48.9 Å². The molecule has 25 heavy (non-hydrogen) atoms. The Labute approximate surface area is 144 Å². The first kappa shape index (κ1) is 15.3. The van der Waals surface area contributed by atoms with Crippen molar-refractivity contribution < 1.29 is 4.79 Å². The second-order valence-electron chi connectivity index (χ2n) is 5.86. The van der Waals surface area contributed by atoms with E-state index in [0.29, 0.717) is 18.1 Å². The number of nitrogens with zero attached hydrogens (tertiary/aromatic N) is 6. The van der Waals surface area contributed by atoms with Gasteiger partial charge in [-0.25, -0.2) is 19.4 Å². The minimum Gasteiger partial charge on any atom is -0.314 e. The lowest BCUT2D eigenvalue weighted by atomic mass is 10.0.